The van der Waals surface area contributed by atoms with Gasteiger partial charge < -0.3 is 15.4 Å². The van der Waals surface area contributed by atoms with Crippen molar-refractivity contribution in [2.24, 2.45) is 11.7 Å². The van der Waals surface area contributed by atoms with Gasteiger partial charge in [-0.05, 0) is 0 Å². The number of rotatable bonds is 4. The zero-order chi connectivity index (χ0) is 17.0. The summed E-state index contributed by atoms with van der Waals surface area (Å²) in [5, 5.41) is 0. The van der Waals surface area contributed by atoms with Crippen molar-refractivity contribution in [2.75, 3.05) is 65.3 Å². The molecule has 0 aromatic carbocycles. The van der Waals surface area contributed by atoms with Crippen molar-refractivity contribution in [3.05, 3.63) is 0 Å². The smallest absolute Gasteiger partial charge is 0.236 e. The standard InChI is InChI=1S/C13H24N4O5S/c1-23(20,21)17-3-2-15(8-11(9-17)13(14)19)10-12(18)16-4-6-22-7-5-16/h11H,2-10H2,1H3,(H2,14,19). The molecule has 9 nitrogen and oxygen atoms in total. The highest BCUT2D eigenvalue weighted by Gasteiger charge is 2.31. The molecule has 0 spiro atoms. The van der Waals surface area contributed by atoms with Crippen LogP contribution >= 0.6 is 0 Å². The van der Waals surface area contributed by atoms with Crippen LogP contribution in [0, 0.1) is 5.92 Å². The van der Waals surface area contributed by atoms with E-state index in [9.17, 15) is 18.0 Å². The quantitative estimate of drug-likeness (QED) is 0.602. The van der Waals surface area contributed by atoms with Crippen LogP contribution in [0.1, 0.15) is 0 Å². The summed E-state index contributed by atoms with van der Waals surface area (Å²) >= 11 is 0. The molecule has 2 aliphatic rings. The Hall–Kier alpha value is -1.23. The largest absolute Gasteiger partial charge is 0.378 e. The van der Waals surface area contributed by atoms with Gasteiger partial charge in [-0.3, -0.25) is 14.5 Å². The van der Waals surface area contributed by atoms with Gasteiger partial charge in [0.1, 0.15) is 0 Å². The van der Waals surface area contributed by atoms with Gasteiger partial charge in [0.2, 0.25) is 21.8 Å². The van der Waals surface area contributed by atoms with Crippen LogP contribution in [-0.4, -0.2) is 99.6 Å². The number of nitrogens with zero attached hydrogens (tertiary/aromatic N) is 3. The molecule has 132 valence electrons. The third-order valence-corrected chi connectivity index (χ3v) is 5.43. The third kappa shape index (κ3) is 5.13. The highest BCUT2D eigenvalue weighted by molar-refractivity contribution is 7.88. The summed E-state index contributed by atoms with van der Waals surface area (Å²) in [5.74, 6) is -1.21. The molecule has 0 saturated carbocycles. The molecule has 2 amide bonds. The number of hydrogen-bond acceptors (Lipinski definition) is 6. The lowest BCUT2D eigenvalue weighted by molar-refractivity contribution is -0.137. The van der Waals surface area contributed by atoms with E-state index in [0.717, 1.165) is 6.26 Å². The Bertz CT molecular complexity index is 547. The third-order valence-electron chi connectivity index (χ3n) is 4.16. The molecule has 2 fully saturated rings. The second-order valence-corrected chi connectivity index (χ2v) is 7.93. The Morgan fingerprint density at radius 2 is 1.78 bits per heavy atom. The highest BCUT2D eigenvalue weighted by Crippen LogP contribution is 2.13. The number of nitrogens with two attached hydrogens (primary N) is 1. The molecule has 1 unspecified atom stereocenters. The molecule has 2 heterocycles. The fraction of sp³-hybridized carbons (Fsp3) is 0.846. The van der Waals surface area contributed by atoms with E-state index in [1.165, 1.54) is 4.31 Å². The van der Waals surface area contributed by atoms with Crippen LogP contribution in [0.4, 0.5) is 0 Å². The van der Waals surface area contributed by atoms with Gasteiger partial charge in [-0.1, -0.05) is 0 Å². The molecule has 2 aliphatic heterocycles. The predicted octanol–water partition coefficient (Wildman–Crippen LogP) is -2.48. The number of hydrogen-bond donors (Lipinski definition) is 1. The minimum atomic E-state index is -3.40. The minimum Gasteiger partial charge on any atom is -0.378 e. The number of carbonyl (C=O) groups excluding carboxylic acids is 2. The number of morpholine rings is 1. The number of amides is 2. The first-order valence-corrected chi connectivity index (χ1v) is 9.44. The lowest BCUT2D eigenvalue weighted by Gasteiger charge is -2.30. The van der Waals surface area contributed by atoms with Gasteiger partial charge in [-0.2, -0.15) is 0 Å². The van der Waals surface area contributed by atoms with E-state index in [2.05, 4.69) is 0 Å². The summed E-state index contributed by atoms with van der Waals surface area (Å²) in [6, 6.07) is 0. The van der Waals surface area contributed by atoms with Crippen LogP contribution < -0.4 is 5.73 Å². The van der Waals surface area contributed by atoms with E-state index < -0.39 is 21.8 Å². The molecular weight excluding hydrogens is 324 g/mol. The molecule has 0 aliphatic carbocycles. The zero-order valence-electron chi connectivity index (χ0n) is 13.3. The first-order chi connectivity index (χ1) is 10.8. The second-order valence-electron chi connectivity index (χ2n) is 5.95. The lowest BCUT2D eigenvalue weighted by atomic mass is 10.1. The highest BCUT2D eigenvalue weighted by atomic mass is 32.2. The molecule has 2 rings (SSSR count). The first-order valence-electron chi connectivity index (χ1n) is 7.59. The van der Waals surface area contributed by atoms with Gasteiger partial charge in [0.15, 0.2) is 0 Å². The van der Waals surface area contributed by atoms with Crippen molar-refractivity contribution in [1.82, 2.24) is 14.1 Å². The Morgan fingerprint density at radius 1 is 1.13 bits per heavy atom. The molecule has 0 radical (unpaired) electrons. The average Bonchev–Trinajstić information content (AvgIpc) is 2.70. The first kappa shape index (κ1) is 18.1. The van der Waals surface area contributed by atoms with E-state index in [-0.39, 0.29) is 32.1 Å². The van der Waals surface area contributed by atoms with Crippen molar-refractivity contribution < 1.29 is 22.7 Å². The topological polar surface area (TPSA) is 113 Å². The fourth-order valence-electron chi connectivity index (χ4n) is 2.78. The van der Waals surface area contributed by atoms with Crippen LogP contribution in [-0.2, 0) is 24.3 Å². The number of carbonyl (C=O) groups is 2. The van der Waals surface area contributed by atoms with E-state index >= 15 is 0 Å². The normalized spacial score (nSPS) is 25.1. The van der Waals surface area contributed by atoms with Gasteiger partial charge in [-0.25, -0.2) is 12.7 Å². The summed E-state index contributed by atoms with van der Waals surface area (Å²) in [4.78, 5) is 27.4. The molecule has 0 aromatic rings. The molecule has 0 aromatic heterocycles. The van der Waals surface area contributed by atoms with Crippen molar-refractivity contribution in [3.63, 3.8) is 0 Å². The van der Waals surface area contributed by atoms with Crippen LogP contribution in [0.25, 0.3) is 0 Å². The molecule has 10 heteroatoms. The number of primary amides is 1. The second kappa shape index (κ2) is 7.56. The van der Waals surface area contributed by atoms with Crippen molar-refractivity contribution in [1.29, 1.82) is 0 Å². The number of ether oxygens (including phenoxy) is 1. The maximum absolute atomic E-state index is 12.3. The van der Waals surface area contributed by atoms with Gasteiger partial charge in [-0.15, -0.1) is 0 Å². The van der Waals surface area contributed by atoms with Gasteiger partial charge in [0.05, 0.1) is 31.9 Å². The van der Waals surface area contributed by atoms with Crippen LogP contribution in [0.5, 0.6) is 0 Å². The molecule has 23 heavy (non-hydrogen) atoms. The monoisotopic (exact) mass is 348 g/mol. The number of sulfonamides is 1. The van der Waals surface area contributed by atoms with Crippen molar-refractivity contribution in [2.45, 2.75) is 0 Å². The Labute approximate surface area is 136 Å². The zero-order valence-corrected chi connectivity index (χ0v) is 14.1. The van der Waals surface area contributed by atoms with Gasteiger partial charge in [0.25, 0.3) is 0 Å². The van der Waals surface area contributed by atoms with Crippen LogP contribution in [0.2, 0.25) is 0 Å². The van der Waals surface area contributed by atoms with E-state index in [1.54, 1.807) is 9.80 Å². The van der Waals surface area contributed by atoms with E-state index in [4.69, 9.17) is 10.5 Å². The molecule has 0 bridgehead atoms. The minimum absolute atomic E-state index is 0.0377. The maximum Gasteiger partial charge on any atom is 0.236 e. The van der Waals surface area contributed by atoms with E-state index in [0.29, 0.717) is 32.8 Å². The molecule has 1 atom stereocenters. The van der Waals surface area contributed by atoms with Crippen LogP contribution in [0.3, 0.4) is 0 Å². The molecule has 2 saturated heterocycles. The summed E-state index contributed by atoms with van der Waals surface area (Å²) in [7, 11) is -3.40. The Balaban J connectivity index is 2.01. The van der Waals surface area contributed by atoms with Crippen molar-refractivity contribution in [3.8, 4) is 0 Å². The fourth-order valence-corrected chi connectivity index (χ4v) is 3.64. The molecule has 2 N–H and O–H groups in total. The summed E-state index contributed by atoms with van der Waals surface area (Å²) in [6.45, 7) is 3.32. The SMILES string of the molecule is CS(=O)(=O)N1CCN(CC(=O)N2CCOCC2)CC(C(N)=O)C1. The van der Waals surface area contributed by atoms with Gasteiger partial charge >= 0.3 is 0 Å². The summed E-state index contributed by atoms with van der Waals surface area (Å²) < 4.78 is 30.0. The van der Waals surface area contributed by atoms with Gasteiger partial charge in [0, 0.05) is 39.3 Å². The van der Waals surface area contributed by atoms with E-state index in [1.807, 2.05) is 0 Å². The predicted molar refractivity (Wildman–Crippen MR) is 82.9 cm³/mol. The summed E-state index contributed by atoms with van der Waals surface area (Å²) in [5.41, 5.74) is 5.38. The van der Waals surface area contributed by atoms with Crippen LogP contribution in [0.15, 0.2) is 0 Å². The summed E-state index contributed by atoms with van der Waals surface area (Å²) in [6.07, 6.45) is 1.11. The lowest BCUT2D eigenvalue weighted by Crippen LogP contribution is -2.47. The average molecular weight is 348 g/mol. The molecular formula is C13H24N4O5S. The van der Waals surface area contributed by atoms with Crippen molar-refractivity contribution >= 4 is 21.8 Å². The Kier molecular flexibility index (Phi) is 5.95. The maximum atomic E-state index is 12.3. The Morgan fingerprint density at radius 3 is 2.35 bits per heavy atom.